The first-order chi connectivity index (χ1) is 28.2. The molecule has 0 atom stereocenters. The van der Waals surface area contributed by atoms with Crippen molar-refractivity contribution in [3.8, 4) is 56.4 Å². The van der Waals surface area contributed by atoms with E-state index in [-0.39, 0.29) is 0 Å². The molecule has 0 unspecified atom stereocenters. The van der Waals surface area contributed by atoms with E-state index in [2.05, 4.69) is 97.1 Å². The second-order valence-electron chi connectivity index (χ2n) is 14.4. The van der Waals surface area contributed by atoms with Gasteiger partial charge in [-0.05, 0) is 71.3 Å². The van der Waals surface area contributed by atoms with E-state index in [9.17, 15) is 0 Å². The molecule has 0 fully saturated rings. The highest BCUT2D eigenvalue weighted by atomic mass is 16.3. The van der Waals surface area contributed by atoms with Gasteiger partial charge in [-0.3, -0.25) is 0 Å². The van der Waals surface area contributed by atoms with E-state index in [1.807, 2.05) is 78.9 Å². The van der Waals surface area contributed by atoms with Crippen molar-refractivity contribution < 1.29 is 13.3 Å². The van der Waals surface area contributed by atoms with Crippen molar-refractivity contribution in [3.63, 3.8) is 0 Å². The molecule has 0 radical (unpaired) electrons. The van der Waals surface area contributed by atoms with Crippen LogP contribution in [0.4, 0.5) is 0 Å². The van der Waals surface area contributed by atoms with Gasteiger partial charge in [-0.1, -0.05) is 121 Å². The standard InChI is InChI=1S/C51H29N3O3/c1-2-10-30(11-3-1)36-16-9-17-41-40-24-21-35(29-47(40)57-48(36)41)51-53-49(52-50(54-51)34-20-23-39-37-14-4-6-18-43(37)56-46(39)28-34)33-13-8-12-31(26-33)32-22-25-45-42(27-32)38-15-5-7-19-44(38)55-45/h1-29H. The smallest absolute Gasteiger partial charge is 0.164 e. The van der Waals surface area contributed by atoms with Crippen LogP contribution in [-0.2, 0) is 0 Å². The number of para-hydroxylation sites is 3. The van der Waals surface area contributed by atoms with E-state index in [1.54, 1.807) is 0 Å². The van der Waals surface area contributed by atoms with E-state index in [0.717, 1.165) is 105 Å². The molecule has 6 nitrogen and oxygen atoms in total. The summed E-state index contributed by atoms with van der Waals surface area (Å²) in [6.07, 6.45) is 0. The van der Waals surface area contributed by atoms with E-state index in [1.165, 1.54) is 0 Å². The third-order valence-electron chi connectivity index (χ3n) is 10.9. The molecule has 0 aliphatic rings. The second kappa shape index (κ2) is 12.3. The van der Waals surface area contributed by atoms with Crippen molar-refractivity contribution in [1.82, 2.24) is 15.0 Å². The van der Waals surface area contributed by atoms with Gasteiger partial charge in [-0.25, -0.2) is 15.0 Å². The summed E-state index contributed by atoms with van der Waals surface area (Å²) in [6.45, 7) is 0. The Kier molecular flexibility index (Phi) is 6.83. The maximum Gasteiger partial charge on any atom is 0.164 e. The minimum absolute atomic E-state index is 0.544. The van der Waals surface area contributed by atoms with E-state index < -0.39 is 0 Å². The molecule has 12 aromatic rings. The lowest BCUT2D eigenvalue weighted by molar-refractivity contribution is 0.668. The maximum atomic E-state index is 6.63. The van der Waals surface area contributed by atoms with Gasteiger partial charge in [0.05, 0.1) is 0 Å². The topological polar surface area (TPSA) is 78.1 Å². The minimum atomic E-state index is 0.544. The highest BCUT2D eigenvalue weighted by molar-refractivity contribution is 6.10. The van der Waals surface area contributed by atoms with Gasteiger partial charge in [-0.15, -0.1) is 0 Å². The predicted molar refractivity (Wildman–Crippen MR) is 229 cm³/mol. The number of aromatic nitrogens is 3. The number of benzene rings is 8. The molecule has 0 aliphatic heterocycles. The lowest BCUT2D eigenvalue weighted by Crippen LogP contribution is -2.00. The quantitative estimate of drug-likeness (QED) is 0.175. The summed E-state index contributed by atoms with van der Waals surface area (Å²) in [5.41, 5.74) is 11.8. The number of fused-ring (bicyclic) bond motifs is 9. The van der Waals surface area contributed by atoms with Crippen molar-refractivity contribution in [2.45, 2.75) is 0 Å². The SMILES string of the molecule is c1ccc(-c2cccc3c2oc2cc(-c4nc(-c5cccc(-c6ccc7oc8ccccc8c7c6)c5)nc(-c5ccc6c(c5)oc5ccccc56)n4)ccc23)cc1. The van der Waals surface area contributed by atoms with Crippen LogP contribution in [0, 0.1) is 0 Å². The third-order valence-corrected chi connectivity index (χ3v) is 10.9. The molecule has 57 heavy (non-hydrogen) atoms. The maximum absolute atomic E-state index is 6.63. The van der Waals surface area contributed by atoms with Crippen molar-refractivity contribution in [2.24, 2.45) is 0 Å². The molecule has 0 saturated heterocycles. The van der Waals surface area contributed by atoms with E-state index >= 15 is 0 Å². The molecule has 0 spiro atoms. The van der Waals surface area contributed by atoms with Crippen LogP contribution in [-0.4, -0.2) is 15.0 Å². The summed E-state index contributed by atoms with van der Waals surface area (Å²) < 4.78 is 19.0. The molecule has 0 saturated carbocycles. The zero-order chi connectivity index (χ0) is 37.5. The summed E-state index contributed by atoms with van der Waals surface area (Å²) in [6, 6.07) is 59.9. The second-order valence-corrected chi connectivity index (χ2v) is 14.4. The van der Waals surface area contributed by atoms with Gasteiger partial charge in [-0.2, -0.15) is 0 Å². The summed E-state index contributed by atoms with van der Waals surface area (Å²) in [7, 11) is 0. The van der Waals surface area contributed by atoms with Crippen LogP contribution >= 0.6 is 0 Å². The fraction of sp³-hybridized carbons (Fsp3) is 0. The summed E-state index contributed by atoms with van der Waals surface area (Å²) in [5, 5.41) is 6.39. The molecule has 6 heteroatoms. The van der Waals surface area contributed by atoms with Crippen molar-refractivity contribution >= 4 is 65.8 Å². The van der Waals surface area contributed by atoms with Crippen LogP contribution in [0.15, 0.2) is 189 Å². The minimum Gasteiger partial charge on any atom is -0.456 e. The first-order valence-electron chi connectivity index (χ1n) is 18.9. The lowest BCUT2D eigenvalue weighted by atomic mass is 10.0. The molecule has 4 aromatic heterocycles. The van der Waals surface area contributed by atoms with Crippen LogP contribution in [0.25, 0.3) is 122 Å². The highest BCUT2D eigenvalue weighted by Crippen LogP contribution is 2.39. The zero-order valence-corrected chi connectivity index (χ0v) is 30.3. The Morgan fingerprint density at radius 3 is 1.47 bits per heavy atom. The van der Waals surface area contributed by atoms with Gasteiger partial charge in [0.25, 0.3) is 0 Å². The van der Waals surface area contributed by atoms with E-state index in [0.29, 0.717) is 17.5 Å². The Hall–Kier alpha value is -7.83. The van der Waals surface area contributed by atoms with Gasteiger partial charge in [0.15, 0.2) is 17.5 Å². The summed E-state index contributed by atoms with van der Waals surface area (Å²) in [5.74, 6) is 1.65. The van der Waals surface area contributed by atoms with Gasteiger partial charge in [0.1, 0.15) is 33.5 Å². The normalized spacial score (nSPS) is 11.9. The molecular weight excluding hydrogens is 703 g/mol. The lowest BCUT2D eigenvalue weighted by Gasteiger charge is -2.10. The number of rotatable bonds is 5. The first-order valence-corrected chi connectivity index (χ1v) is 18.9. The van der Waals surface area contributed by atoms with Crippen LogP contribution in [0.3, 0.4) is 0 Å². The fourth-order valence-corrected chi connectivity index (χ4v) is 8.15. The Morgan fingerprint density at radius 2 is 0.737 bits per heavy atom. The Morgan fingerprint density at radius 1 is 0.263 bits per heavy atom. The fourth-order valence-electron chi connectivity index (χ4n) is 8.15. The van der Waals surface area contributed by atoms with Crippen LogP contribution < -0.4 is 0 Å². The molecule has 0 bridgehead atoms. The van der Waals surface area contributed by atoms with Crippen LogP contribution in [0.5, 0.6) is 0 Å². The van der Waals surface area contributed by atoms with Crippen molar-refractivity contribution in [3.05, 3.63) is 176 Å². The van der Waals surface area contributed by atoms with Gasteiger partial charge >= 0.3 is 0 Å². The van der Waals surface area contributed by atoms with Gasteiger partial charge in [0.2, 0.25) is 0 Å². The summed E-state index contributed by atoms with van der Waals surface area (Å²) in [4.78, 5) is 15.4. The number of nitrogens with zero attached hydrogens (tertiary/aromatic N) is 3. The van der Waals surface area contributed by atoms with Crippen molar-refractivity contribution in [2.75, 3.05) is 0 Å². The Labute approximate surface area is 325 Å². The average molecular weight is 732 g/mol. The molecule has 0 aliphatic carbocycles. The molecule has 12 rings (SSSR count). The molecule has 0 amide bonds. The molecule has 8 aromatic carbocycles. The summed E-state index contributed by atoms with van der Waals surface area (Å²) >= 11 is 0. The average Bonchev–Trinajstić information content (AvgIpc) is 3.97. The Balaban J connectivity index is 1.02. The monoisotopic (exact) mass is 731 g/mol. The highest BCUT2D eigenvalue weighted by Gasteiger charge is 2.18. The van der Waals surface area contributed by atoms with Crippen LogP contribution in [0.1, 0.15) is 0 Å². The number of furan rings is 3. The van der Waals surface area contributed by atoms with Crippen LogP contribution in [0.2, 0.25) is 0 Å². The zero-order valence-electron chi connectivity index (χ0n) is 30.3. The Bertz CT molecular complexity index is 3540. The van der Waals surface area contributed by atoms with Gasteiger partial charge in [0, 0.05) is 54.6 Å². The predicted octanol–water partition coefficient (Wildman–Crippen LogP) is 13.9. The molecule has 4 heterocycles. The molecule has 0 N–H and O–H groups in total. The number of hydrogen-bond donors (Lipinski definition) is 0. The molecule has 266 valence electrons. The van der Waals surface area contributed by atoms with Gasteiger partial charge < -0.3 is 13.3 Å². The first kappa shape index (κ1) is 31.5. The van der Waals surface area contributed by atoms with Crippen molar-refractivity contribution in [1.29, 1.82) is 0 Å². The molecular formula is C51H29N3O3. The van der Waals surface area contributed by atoms with E-state index in [4.69, 9.17) is 28.2 Å². The third kappa shape index (κ3) is 5.15. The number of hydrogen-bond acceptors (Lipinski definition) is 6. The largest absolute Gasteiger partial charge is 0.456 e.